The molecule has 2 rings (SSSR count). The Kier molecular flexibility index (Phi) is 8.32. The van der Waals surface area contributed by atoms with Crippen LogP contribution >= 0.6 is 0 Å². The molecule has 0 radical (unpaired) electrons. The highest BCUT2D eigenvalue weighted by Gasteiger charge is 2.17. The standard InChI is InChI=1S/C21H28N2O4S/c1-27-20-14-12-18(13-15-20)8-6-16-22-21(24)11-7-17-23(28(2,25)26)19-9-4-3-5-10-19/h3-5,9-10,12-15H,6-8,11,16-17H2,1-2H3,(H,22,24). The summed E-state index contributed by atoms with van der Waals surface area (Å²) in [4.78, 5) is 12.0. The van der Waals surface area contributed by atoms with E-state index in [1.807, 2.05) is 30.3 Å². The Bertz CT molecular complexity index is 836. The van der Waals surface area contributed by atoms with Crippen molar-refractivity contribution in [3.63, 3.8) is 0 Å². The Balaban J connectivity index is 1.69. The molecule has 152 valence electrons. The smallest absolute Gasteiger partial charge is 0.232 e. The number of sulfonamides is 1. The number of nitrogens with one attached hydrogen (secondary N) is 1. The number of hydrogen-bond donors (Lipinski definition) is 1. The van der Waals surface area contributed by atoms with E-state index in [1.54, 1.807) is 31.4 Å². The molecule has 0 saturated heterocycles. The van der Waals surface area contributed by atoms with Gasteiger partial charge in [-0.15, -0.1) is 0 Å². The molecule has 0 aliphatic rings. The van der Waals surface area contributed by atoms with Crippen LogP contribution in [-0.4, -0.2) is 40.8 Å². The number of amides is 1. The molecule has 0 aromatic heterocycles. The number of para-hydroxylation sites is 1. The van der Waals surface area contributed by atoms with E-state index in [9.17, 15) is 13.2 Å². The van der Waals surface area contributed by atoms with Crippen molar-refractivity contribution in [2.45, 2.75) is 25.7 Å². The molecule has 7 heteroatoms. The molecule has 2 aromatic rings. The van der Waals surface area contributed by atoms with Gasteiger partial charge in [0.25, 0.3) is 0 Å². The fourth-order valence-corrected chi connectivity index (χ4v) is 3.83. The molecule has 0 heterocycles. The molecule has 0 unspecified atom stereocenters. The molecule has 1 N–H and O–H groups in total. The molecule has 28 heavy (non-hydrogen) atoms. The minimum atomic E-state index is -3.38. The summed E-state index contributed by atoms with van der Waals surface area (Å²) >= 11 is 0. The van der Waals surface area contributed by atoms with E-state index in [0.29, 0.717) is 25.1 Å². The molecule has 0 saturated carbocycles. The van der Waals surface area contributed by atoms with E-state index >= 15 is 0 Å². The number of hydrogen-bond acceptors (Lipinski definition) is 4. The van der Waals surface area contributed by atoms with Gasteiger partial charge in [-0.1, -0.05) is 30.3 Å². The van der Waals surface area contributed by atoms with Crippen molar-refractivity contribution < 1.29 is 17.9 Å². The molecule has 0 aliphatic heterocycles. The number of nitrogens with zero attached hydrogens (tertiary/aromatic N) is 1. The summed E-state index contributed by atoms with van der Waals surface area (Å²) in [5.41, 5.74) is 1.81. The normalized spacial score (nSPS) is 11.1. The number of carbonyl (C=O) groups is 1. The highest BCUT2D eigenvalue weighted by atomic mass is 32.2. The highest BCUT2D eigenvalue weighted by Crippen LogP contribution is 2.17. The summed E-state index contributed by atoms with van der Waals surface area (Å²) in [5.74, 6) is 0.770. The van der Waals surface area contributed by atoms with Crippen LogP contribution in [0.1, 0.15) is 24.8 Å². The first-order valence-corrected chi connectivity index (χ1v) is 11.2. The Morgan fingerprint density at radius 2 is 1.71 bits per heavy atom. The van der Waals surface area contributed by atoms with E-state index in [2.05, 4.69) is 5.32 Å². The molecular weight excluding hydrogens is 376 g/mol. The predicted molar refractivity (Wildman–Crippen MR) is 112 cm³/mol. The third-order valence-electron chi connectivity index (χ3n) is 4.33. The lowest BCUT2D eigenvalue weighted by Crippen LogP contribution is -2.32. The largest absolute Gasteiger partial charge is 0.497 e. The third kappa shape index (κ3) is 7.23. The summed E-state index contributed by atoms with van der Waals surface area (Å²) in [6, 6.07) is 16.8. The molecule has 6 nitrogen and oxygen atoms in total. The molecule has 0 spiro atoms. The van der Waals surface area contributed by atoms with Gasteiger partial charge in [-0.2, -0.15) is 0 Å². The van der Waals surface area contributed by atoms with Crippen LogP contribution in [0.2, 0.25) is 0 Å². The Labute approximate surface area is 167 Å². The van der Waals surface area contributed by atoms with Crippen LogP contribution in [0.15, 0.2) is 54.6 Å². The zero-order valence-electron chi connectivity index (χ0n) is 16.4. The second-order valence-corrected chi connectivity index (χ2v) is 8.48. The Hall–Kier alpha value is -2.54. The van der Waals surface area contributed by atoms with Gasteiger partial charge >= 0.3 is 0 Å². The van der Waals surface area contributed by atoms with E-state index in [0.717, 1.165) is 18.6 Å². The van der Waals surface area contributed by atoms with Crippen molar-refractivity contribution >= 4 is 21.6 Å². The maximum Gasteiger partial charge on any atom is 0.232 e. The van der Waals surface area contributed by atoms with Crippen LogP contribution in [0.4, 0.5) is 5.69 Å². The number of carbonyl (C=O) groups excluding carboxylic acids is 1. The SMILES string of the molecule is COc1ccc(CCCNC(=O)CCCN(c2ccccc2)S(C)(=O)=O)cc1. The number of benzene rings is 2. The van der Waals surface area contributed by atoms with Gasteiger partial charge in [0.05, 0.1) is 19.1 Å². The van der Waals surface area contributed by atoms with Crippen LogP contribution in [0, 0.1) is 0 Å². The maximum atomic E-state index is 12.0. The predicted octanol–water partition coefficient (Wildman–Crippen LogP) is 2.99. The molecule has 0 atom stereocenters. The lowest BCUT2D eigenvalue weighted by molar-refractivity contribution is -0.121. The molecule has 0 fully saturated rings. The van der Waals surface area contributed by atoms with Crippen LogP contribution < -0.4 is 14.4 Å². The molecule has 0 aliphatic carbocycles. The van der Waals surface area contributed by atoms with Crippen molar-refractivity contribution in [3.8, 4) is 5.75 Å². The monoisotopic (exact) mass is 404 g/mol. The molecule has 1 amide bonds. The Morgan fingerprint density at radius 1 is 1.04 bits per heavy atom. The Morgan fingerprint density at radius 3 is 2.32 bits per heavy atom. The molecule has 0 bridgehead atoms. The van der Waals surface area contributed by atoms with Gasteiger partial charge < -0.3 is 10.1 Å². The quantitative estimate of drug-likeness (QED) is 0.584. The van der Waals surface area contributed by atoms with E-state index in [4.69, 9.17) is 4.74 Å². The number of ether oxygens (including phenoxy) is 1. The number of anilines is 1. The van der Waals surface area contributed by atoms with E-state index in [-0.39, 0.29) is 12.5 Å². The summed E-state index contributed by atoms with van der Waals surface area (Å²) in [6.07, 6.45) is 3.66. The first-order valence-electron chi connectivity index (χ1n) is 9.32. The zero-order chi connectivity index (χ0) is 20.4. The first-order chi connectivity index (χ1) is 13.4. The van der Waals surface area contributed by atoms with Gasteiger partial charge in [0.15, 0.2) is 0 Å². The zero-order valence-corrected chi connectivity index (χ0v) is 17.2. The van der Waals surface area contributed by atoms with Gasteiger partial charge in [-0.05, 0) is 49.1 Å². The van der Waals surface area contributed by atoms with Crippen LogP contribution in [0.5, 0.6) is 5.75 Å². The van der Waals surface area contributed by atoms with Crippen LogP contribution in [0.3, 0.4) is 0 Å². The van der Waals surface area contributed by atoms with Gasteiger partial charge in [-0.3, -0.25) is 9.10 Å². The second kappa shape index (κ2) is 10.7. The molecular formula is C21H28N2O4S. The number of aryl methyl sites for hydroxylation is 1. The summed E-state index contributed by atoms with van der Waals surface area (Å²) in [7, 11) is -1.74. The van der Waals surface area contributed by atoms with Crippen LogP contribution in [0.25, 0.3) is 0 Å². The molecule has 2 aromatic carbocycles. The number of rotatable bonds is 11. The lowest BCUT2D eigenvalue weighted by atomic mass is 10.1. The van der Waals surface area contributed by atoms with Gasteiger partial charge in [0.2, 0.25) is 15.9 Å². The van der Waals surface area contributed by atoms with Crippen molar-refractivity contribution in [2.75, 3.05) is 30.8 Å². The lowest BCUT2D eigenvalue weighted by Gasteiger charge is -2.22. The third-order valence-corrected chi connectivity index (χ3v) is 5.53. The van der Waals surface area contributed by atoms with Crippen LogP contribution in [-0.2, 0) is 21.2 Å². The number of methoxy groups -OCH3 is 1. The average Bonchev–Trinajstić information content (AvgIpc) is 2.69. The van der Waals surface area contributed by atoms with Crippen molar-refractivity contribution in [3.05, 3.63) is 60.2 Å². The minimum Gasteiger partial charge on any atom is -0.497 e. The van der Waals surface area contributed by atoms with Crippen molar-refractivity contribution in [1.29, 1.82) is 0 Å². The minimum absolute atomic E-state index is 0.0590. The van der Waals surface area contributed by atoms with Crippen molar-refractivity contribution in [1.82, 2.24) is 5.32 Å². The van der Waals surface area contributed by atoms with Gasteiger partial charge in [0, 0.05) is 19.5 Å². The summed E-state index contributed by atoms with van der Waals surface area (Å²) in [5, 5.41) is 2.90. The highest BCUT2D eigenvalue weighted by molar-refractivity contribution is 7.92. The first kappa shape index (κ1) is 21.8. The maximum absolute atomic E-state index is 12.0. The second-order valence-electron chi connectivity index (χ2n) is 6.58. The summed E-state index contributed by atoms with van der Waals surface area (Å²) < 4.78 is 30.5. The van der Waals surface area contributed by atoms with Gasteiger partial charge in [0.1, 0.15) is 5.75 Å². The van der Waals surface area contributed by atoms with E-state index < -0.39 is 10.0 Å². The van der Waals surface area contributed by atoms with Gasteiger partial charge in [-0.25, -0.2) is 8.42 Å². The summed E-state index contributed by atoms with van der Waals surface area (Å²) in [6.45, 7) is 0.876. The average molecular weight is 405 g/mol. The fourth-order valence-electron chi connectivity index (χ4n) is 2.86. The van der Waals surface area contributed by atoms with E-state index in [1.165, 1.54) is 16.1 Å². The van der Waals surface area contributed by atoms with Crippen molar-refractivity contribution in [2.24, 2.45) is 0 Å². The topological polar surface area (TPSA) is 75.7 Å². The fraction of sp³-hybridized carbons (Fsp3) is 0.381.